The maximum Gasteiger partial charge on any atom is 0.344 e. The highest BCUT2D eigenvalue weighted by Gasteiger charge is 2.36. The molecule has 0 fully saturated rings. The number of carboxylic acids is 1. The third-order valence-electron chi connectivity index (χ3n) is 3.72. The standard InChI is InChI=1S/C17H15NO6/c1-22-12-8-7-10-13(14(12)23-2)17(21)24-15(10)18-11-6-4-3-5-9(11)16(19)20/h3-8,15,18H,1-2H3,(H,19,20)/p-1/t15-/m0/s1. The van der Waals surface area contributed by atoms with E-state index in [9.17, 15) is 14.7 Å². The normalized spacial score (nSPS) is 15.4. The zero-order valence-electron chi connectivity index (χ0n) is 13.0. The Bertz CT molecular complexity index is 817. The topological polar surface area (TPSA) is 96.9 Å². The second-order valence-corrected chi connectivity index (χ2v) is 5.03. The molecule has 1 aliphatic heterocycles. The molecule has 7 nitrogen and oxygen atoms in total. The molecule has 0 unspecified atom stereocenters. The molecule has 2 aromatic carbocycles. The van der Waals surface area contributed by atoms with Crippen molar-refractivity contribution in [2.75, 3.05) is 19.5 Å². The maximum absolute atomic E-state index is 12.2. The molecule has 0 radical (unpaired) electrons. The number of benzene rings is 2. The van der Waals surface area contributed by atoms with Crippen molar-refractivity contribution in [3.05, 3.63) is 53.1 Å². The van der Waals surface area contributed by atoms with Gasteiger partial charge in [0.25, 0.3) is 0 Å². The monoisotopic (exact) mass is 328 g/mol. The summed E-state index contributed by atoms with van der Waals surface area (Å²) in [4.78, 5) is 23.4. The number of cyclic esters (lactones) is 1. The van der Waals surface area contributed by atoms with Crippen molar-refractivity contribution in [3.8, 4) is 11.5 Å². The zero-order chi connectivity index (χ0) is 17.3. The van der Waals surface area contributed by atoms with Crippen molar-refractivity contribution in [2.24, 2.45) is 0 Å². The Balaban J connectivity index is 2.01. The van der Waals surface area contributed by atoms with Gasteiger partial charge >= 0.3 is 5.97 Å². The first-order valence-electron chi connectivity index (χ1n) is 7.09. The van der Waals surface area contributed by atoms with Crippen LogP contribution in [0.15, 0.2) is 36.4 Å². The van der Waals surface area contributed by atoms with Crippen molar-refractivity contribution in [1.29, 1.82) is 0 Å². The van der Waals surface area contributed by atoms with Gasteiger partial charge in [-0.1, -0.05) is 18.2 Å². The van der Waals surface area contributed by atoms with E-state index >= 15 is 0 Å². The van der Waals surface area contributed by atoms with Crippen LogP contribution in [0.4, 0.5) is 5.69 Å². The van der Waals surface area contributed by atoms with Gasteiger partial charge in [-0.05, 0) is 18.2 Å². The fraction of sp³-hybridized carbons (Fsp3) is 0.176. The van der Waals surface area contributed by atoms with Gasteiger partial charge in [0.05, 0.1) is 20.2 Å². The molecule has 0 saturated heterocycles. The third kappa shape index (κ3) is 2.50. The Labute approximate surface area is 137 Å². The average Bonchev–Trinajstić information content (AvgIpc) is 2.90. The second kappa shape index (κ2) is 6.11. The van der Waals surface area contributed by atoms with E-state index in [2.05, 4.69) is 5.32 Å². The van der Waals surface area contributed by atoms with Gasteiger partial charge < -0.3 is 29.4 Å². The van der Waals surface area contributed by atoms with Crippen LogP contribution in [0.1, 0.15) is 32.5 Å². The summed E-state index contributed by atoms with van der Waals surface area (Å²) >= 11 is 0. The number of rotatable bonds is 5. The lowest BCUT2D eigenvalue weighted by molar-refractivity contribution is -0.254. The molecule has 24 heavy (non-hydrogen) atoms. The van der Waals surface area contributed by atoms with E-state index < -0.39 is 18.2 Å². The van der Waals surface area contributed by atoms with Crippen LogP contribution < -0.4 is 19.9 Å². The second-order valence-electron chi connectivity index (χ2n) is 5.03. The highest BCUT2D eigenvalue weighted by molar-refractivity contribution is 5.99. The fourth-order valence-electron chi connectivity index (χ4n) is 2.64. The van der Waals surface area contributed by atoms with Crippen molar-refractivity contribution in [3.63, 3.8) is 0 Å². The summed E-state index contributed by atoms with van der Waals surface area (Å²) in [6.45, 7) is 0. The highest BCUT2D eigenvalue weighted by Crippen LogP contribution is 2.42. The van der Waals surface area contributed by atoms with Gasteiger partial charge in [0, 0.05) is 16.8 Å². The molecule has 124 valence electrons. The van der Waals surface area contributed by atoms with Gasteiger partial charge in [0.2, 0.25) is 6.23 Å². The summed E-state index contributed by atoms with van der Waals surface area (Å²) in [5.41, 5.74) is 1.05. The van der Waals surface area contributed by atoms with Crippen molar-refractivity contribution < 1.29 is 28.9 Å². The van der Waals surface area contributed by atoms with E-state index in [1.165, 1.54) is 20.3 Å². The van der Waals surface area contributed by atoms with Gasteiger partial charge in [-0.25, -0.2) is 4.79 Å². The molecule has 7 heteroatoms. The number of carbonyl (C=O) groups excluding carboxylic acids is 2. The molecule has 0 saturated carbocycles. The fourth-order valence-corrected chi connectivity index (χ4v) is 2.64. The van der Waals surface area contributed by atoms with Crippen molar-refractivity contribution in [1.82, 2.24) is 0 Å². The van der Waals surface area contributed by atoms with Crippen LogP contribution in [-0.2, 0) is 4.74 Å². The number of fused-ring (bicyclic) bond motifs is 1. The Morgan fingerprint density at radius 1 is 1.17 bits per heavy atom. The SMILES string of the molecule is COc1ccc2c(c1OC)C(=O)O[C@@H]2Nc1ccccc1C(=O)[O-]. The molecule has 0 aromatic heterocycles. The summed E-state index contributed by atoms with van der Waals surface area (Å²) < 4.78 is 15.7. The first kappa shape index (κ1) is 15.7. The number of carbonyl (C=O) groups is 2. The van der Waals surface area contributed by atoms with E-state index in [0.29, 0.717) is 11.3 Å². The summed E-state index contributed by atoms with van der Waals surface area (Å²) in [6, 6.07) is 9.54. The van der Waals surface area contributed by atoms with Crippen LogP contribution in [0.2, 0.25) is 0 Å². The van der Waals surface area contributed by atoms with Crippen LogP contribution in [0.5, 0.6) is 11.5 Å². The molecule has 0 bridgehead atoms. The molecule has 1 N–H and O–H groups in total. The third-order valence-corrected chi connectivity index (χ3v) is 3.72. The van der Waals surface area contributed by atoms with Crippen LogP contribution in [-0.4, -0.2) is 26.2 Å². The summed E-state index contributed by atoms with van der Waals surface area (Å²) in [6.07, 6.45) is -0.840. The molecule has 1 heterocycles. The summed E-state index contributed by atoms with van der Waals surface area (Å²) in [5.74, 6) is -1.22. The van der Waals surface area contributed by atoms with Crippen LogP contribution in [0.25, 0.3) is 0 Å². The minimum atomic E-state index is -1.32. The van der Waals surface area contributed by atoms with E-state index in [0.717, 1.165) is 0 Å². The summed E-state index contributed by atoms with van der Waals surface area (Å²) in [7, 11) is 2.90. The first-order valence-corrected chi connectivity index (χ1v) is 7.09. The number of aromatic carboxylic acids is 1. The number of nitrogens with one attached hydrogen (secondary N) is 1. The van der Waals surface area contributed by atoms with Crippen molar-refractivity contribution in [2.45, 2.75) is 6.23 Å². The average molecular weight is 328 g/mol. The predicted molar refractivity (Wildman–Crippen MR) is 82.1 cm³/mol. The molecule has 3 rings (SSSR count). The van der Waals surface area contributed by atoms with E-state index in [1.54, 1.807) is 30.3 Å². The zero-order valence-corrected chi connectivity index (χ0v) is 13.0. The molecule has 1 atom stereocenters. The van der Waals surface area contributed by atoms with Crippen LogP contribution >= 0.6 is 0 Å². The minimum Gasteiger partial charge on any atom is -0.545 e. The van der Waals surface area contributed by atoms with Gasteiger partial charge in [-0.15, -0.1) is 0 Å². The van der Waals surface area contributed by atoms with Gasteiger partial charge in [-0.2, -0.15) is 0 Å². The van der Waals surface area contributed by atoms with Gasteiger partial charge in [-0.3, -0.25) is 0 Å². The number of carboxylic acid groups (broad SMARTS) is 1. The number of para-hydroxylation sites is 1. The number of ether oxygens (including phenoxy) is 3. The minimum absolute atomic E-state index is 0.0255. The molecular formula is C17H14NO6-. The van der Waals surface area contributed by atoms with E-state index in [-0.39, 0.29) is 22.6 Å². The predicted octanol–water partition coefficient (Wildman–Crippen LogP) is 1.35. The molecule has 0 aliphatic carbocycles. The first-order chi connectivity index (χ1) is 11.6. The largest absolute Gasteiger partial charge is 0.545 e. The molecular weight excluding hydrogens is 314 g/mol. The molecule has 0 spiro atoms. The van der Waals surface area contributed by atoms with Crippen molar-refractivity contribution >= 4 is 17.6 Å². The van der Waals surface area contributed by atoms with Gasteiger partial charge in [0.1, 0.15) is 5.56 Å². The number of hydrogen-bond donors (Lipinski definition) is 1. The Morgan fingerprint density at radius 2 is 1.92 bits per heavy atom. The number of hydrogen-bond acceptors (Lipinski definition) is 7. The highest BCUT2D eigenvalue weighted by atomic mass is 16.6. The molecule has 2 aromatic rings. The lowest BCUT2D eigenvalue weighted by atomic mass is 10.1. The molecule has 0 amide bonds. The summed E-state index contributed by atoms with van der Waals surface area (Å²) in [5, 5.41) is 14.1. The van der Waals surface area contributed by atoms with Gasteiger partial charge in [0.15, 0.2) is 11.5 Å². The lowest BCUT2D eigenvalue weighted by Crippen LogP contribution is -2.24. The lowest BCUT2D eigenvalue weighted by Gasteiger charge is -2.18. The van der Waals surface area contributed by atoms with E-state index in [1.807, 2.05) is 0 Å². The number of anilines is 1. The smallest absolute Gasteiger partial charge is 0.344 e. The maximum atomic E-state index is 12.2. The number of methoxy groups -OCH3 is 2. The van der Waals surface area contributed by atoms with Crippen LogP contribution in [0, 0.1) is 0 Å². The quantitative estimate of drug-likeness (QED) is 0.827. The van der Waals surface area contributed by atoms with Crippen LogP contribution in [0.3, 0.4) is 0 Å². The Morgan fingerprint density at radius 3 is 2.58 bits per heavy atom. The molecule has 1 aliphatic rings. The number of esters is 1. The Kier molecular flexibility index (Phi) is 3.99. The van der Waals surface area contributed by atoms with E-state index in [4.69, 9.17) is 14.2 Å². The Hall–Kier alpha value is -3.22.